The molecule has 11 heteroatoms. The number of aryl methyl sites for hydroxylation is 1. The van der Waals surface area contributed by atoms with E-state index >= 15 is 0 Å². The Balaban J connectivity index is 0.000000998. The number of aliphatic imine (C=N–C) groups is 1. The highest BCUT2D eigenvalue weighted by molar-refractivity contribution is 6.10. The number of alkyl halides is 2. The first-order valence-electron chi connectivity index (χ1n) is 15.6. The quantitative estimate of drug-likeness (QED) is 0.402. The Labute approximate surface area is 256 Å². The summed E-state index contributed by atoms with van der Waals surface area (Å²) in [6, 6.07) is 3.59. The first-order valence-corrected chi connectivity index (χ1v) is 15.6. The van der Waals surface area contributed by atoms with Gasteiger partial charge in [-0.25, -0.2) is 13.6 Å². The second kappa shape index (κ2) is 14.8. The molecular weight excluding hydrogens is 550 g/mol. The van der Waals surface area contributed by atoms with Gasteiger partial charge in [-0.2, -0.15) is 5.10 Å². The number of carbonyl (C=O) groups is 1. The lowest BCUT2D eigenvalue weighted by Crippen LogP contribution is -2.42. The van der Waals surface area contributed by atoms with Gasteiger partial charge in [0.25, 0.3) is 6.43 Å². The van der Waals surface area contributed by atoms with Crippen LogP contribution in [-0.4, -0.2) is 79.1 Å². The molecule has 0 saturated carbocycles. The summed E-state index contributed by atoms with van der Waals surface area (Å²) in [4.78, 5) is 22.8. The summed E-state index contributed by atoms with van der Waals surface area (Å²) in [6.07, 6.45) is 7.16. The van der Waals surface area contributed by atoms with Crippen LogP contribution >= 0.6 is 0 Å². The number of nitrogens with one attached hydrogen (secondary N) is 1. The van der Waals surface area contributed by atoms with Crippen LogP contribution in [0.5, 0.6) is 0 Å². The van der Waals surface area contributed by atoms with E-state index in [4.69, 9.17) is 10.8 Å². The van der Waals surface area contributed by atoms with Crippen LogP contribution in [0.2, 0.25) is 0 Å². The van der Waals surface area contributed by atoms with Gasteiger partial charge in [-0.1, -0.05) is 26.7 Å². The van der Waals surface area contributed by atoms with Crippen molar-refractivity contribution in [1.29, 1.82) is 0 Å². The van der Waals surface area contributed by atoms with E-state index in [-0.39, 0.29) is 19.1 Å². The van der Waals surface area contributed by atoms with Crippen molar-refractivity contribution in [2.45, 2.75) is 77.8 Å². The highest BCUT2D eigenvalue weighted by atomic mass is 19.3. The molecule has 0 spiro atoms. The molecule has 1 aromatic carbocycles. The summed E-state index contributed by atoms with van der Waals surface area (Å²) < 4.78 is 31.0. The molecule has 2 amide bonds. The SMILES string of the molecule is CCCC.CN=C/C(=C\N)c1cc2c(cc1C(F)F)N(c1nn(C3CCN(C)CC3)c3c1CN(C(=O)NC)CC3)CCC2.[HH]. The van der Waals surface area contributed by atoms with E-state index in [1.165, 1.54) is 25.3 Å². The van der Waals surface area contributed by atoms with E-state index in [1.54, 1.807) is 25.1 Å². The van der Waals surface area contributed by atoms with Crippen molar-refractivity contribution in [3.63, 3.8) is 0 Å². The molecule has 3 aliphatic heterocycles. The van der Waals surface area contributed by atoms with Crippen molar-refractivity contribution in [3.8, 4) is 0 Å². The highest BCUT2D eigenvalue weighted by Crippen LogP contribution is 2.42. The fourth-order valence-electron chi connectivity index (χ4n) is 6.16. The Kier molecular flexibility index (Phi) is 11.2. The summed E-state index contributed by atoms with van der Waals surface area (Å²) in [5, 5.41) is 7.92. The number of fused-ring (bicyclic) bond motifs is 2. The Morgan fingerprint density at radius 2 is 1.91 bits per heavy atom. The standard InChI is InChI=1S/C28H38F2N8O.C4H10.H2/c1-32-16-19(15-31)21-13-18-5-4-9-37(25(18)14-22(21)26(29)30)27-23-17-36(28(39)33-2)12-8-24(23)38(34-27)20-6-10-35(3)11-7-20;1-3-4-2;/h13-16,20,26H,4-12,17,31H2,1-3H3,(H,33,39);3-4H2,1-2H3;1H/b19-15+,32-16?;;. The zero-order valence-electron chi connectivity index (χ0n) is 26.4. The predicted molar refractivity (Wildman–Crippen MR) is 173 cm³/mol. The van der Waals surface area contributed by atoms with Gasteiger partial charge in [0.2, 0.25) is 0 Å². The number of nitrogens with two attached hydrogens (primary N) is 1. The van der Waals surface area contributed by atoms with E-state index in [0.29, 0.717) is 37.2 Å². The van der Waals surface area contributed by atoms with E-state index in [9.17, 15) is 13.6 Å². The molecule has 0 bridgehead atoms. The monoisotopic (exact) mass is 600 g/mol. The number of anilines is 2. The number of rotatable bonds is 6. The second-order valence-corrected chi connectivity index (χ2v) is 11.6. The number of halogens is 2. The number of carbonyl (C=O) groups excluding carboxylic acids is 1. The number of hydrogen-bond acceptors (Lipinski definition) is 6. The molecule has 0 radical (unpaired) electrons. The molecule has 1 saturated heterocycles. The minimum atomic E-state index is -2.68. The molecule has 238 valence electrons. The van der Waals surface area contributed by atoms with Gasteiger partial charge in [-0.15, -0.1) is 0 Å². The molecule has 3 N–H and O–H groups in total. The predicted octanol–water partition coefficient (Wildman–Crippen LogP) is 5.92. The number of benzene rings is 1. The lowest BCUT2D eigenvalue weighted by molar-refractivity contribution is 0.151. The molecule has 0 aliphatic carbocycles. The number of urea groups is 1. The zero-order chi connectivity index (χ0) is 31.1. The maximum Gasteiger partial charge on any atom is 0.317 e. The van der Waals surface area contributed by atoms with E-state index in [2.05, 4.69) is 45.7 Å². The van der Waals surface area contributed by atoms with Gasteiger partial charge in [-0.05, 0) is 69.1 Å². The van der Waals surface area contributed by atoms with Crippen LogP contribution in [0.3, 0.4) is 0 Å². The maximum atomic E-state index is 14.4. The zero-order valence-corrected chi connectivity index (χ0v) is 26.4. The summed E-state index contributed by atoms with van der Waals surface area (Å²) in [5.74, 6) is 0.774. The van der Waals surface area contributed by atoms with Crippen molar-refractivity contribution < 1.29 is 15.0 Å². The smallest absolute Gasteiger partial charge is 0.317 e. The Hall–Kier alpha value is -3.47. The lowest BCUT2D eigenvalue weighted by Gasteiger charge is -2.33. The van der Waals surface area contributed by atoms with Crippen molar-refractivity contribution in [1.82, 2.24) is 24.9 Å². The van der Waals surface area contributed by atoms with E-state index < -0.39 is 6.43 Å². The third kappa shape index (κ3) is 7.03. The van der Waals surface area contributed by atoms with Crippen molar-refractivity contribution in [3.05, 3.63) is 46.3 Å². The van der Waals surface area contributed by atoms with Gasteiger partial charge in [0.05, 0.1) is 12.6 Å². The number of aromatic nitrogens is 2. The molecule has 1 aromatic heterocycles. The average Bonchev–Trinajstić information content (AvgIpc) is 3.41. The van der Waals surface area contributed by atoms with Crippen LogP contribution in [-0.2, 0) is 19.4 Å². The normalized spacial score (nSPS) is 18.0. The molecule has 5 rings (SSSR count). The van der Waals surface area contributed by atoms with Gasteiger partial charge < -0.3 is 25.8 Å². The minimum absolute atomic E-state index is 0. The van der Waals surface area contributed by atoms with Gasteiger partial charge in [0.15, 0.2) is 5.82 Å². The van der Waals surface area contributed by atoms with Crippen LogP contribution in [0.25, 0.3) is 5.57 Å². The van der Waals surface area contributed by atoms with E-state index in [1.807, 2.05) is 6.07 Å². The Morgan fingerprint density at radius 1 is 1.19 bits per heavy atom. The van der Waals surface area contributed by atoms with Crippen LogP contribution in [0.15, 0.2) is 23.3 Å². The highest BCUT2D eigenvalue weighted by Gasteiger charge is 2.34. The number of allylic oxidation sites excluding steroid dienone is 1. The van der Waals surface area contributed by atoms with Gasteiger partial charge >= 0.3 is 6.03 Å². The Bertz CT molecular complexity index is 1320. The minimum Gasteiger partial charge on any atom is -0.404 e. The summed E-state index contributed by atoms with van der Waals surface area (Å²) in [5.41, 5.74) is 10.5. The third-order valence-corrected chi connectivity index (χ3v) is 8.72. The summed E-state index contributed by atoms with van der Waals surface area (Å²) >= 11 is 0. The lowest BCUT2D eigenvalue weighted by atomic mass is 9.92. The third-order valence-electron chi connectivity index (χ3n) is 8.72. The van der Waals surface area contributed by atoms with Crippen molar-refractivity contribution in [2.24, 2.45) is 10.7 Å². The van der Waals surface area contributed by atoms with Gasteiger partial charge in [0.1, 0.15) is 0 Å². The number of hydrogen-bond donors (Lipinski definition) is 2. The topological polar surface area (TPSA) is 95.0 Å². The molecule has 1 fully saturated rings. The van der Waals surface area contributed by atoms with Crippen LogP contribution in [0, 0.1) is 0 Å². The van der Waals surface area contributed by atoms with Crippen molar-refractivity contribution >= 4 is 29.3 Å². The number of nitrogens with zero attached hydrogens (tertiary/aromatic N) is 6. The molecule has 3 aliphatic rings. The number of piperidine rings is 1. The molecule has 9 nitrogen and oxygen atoms in total. The molecule has 0 unspecified atom stereocenters. The summed E-state index contributed by atoms with van der Waals surface area (Å²) in [6.45, 7) is 8.10. The van der Waals surface area contributed by atoms with Crippen LogP contribution < -0.4 is 16.0 Å². The average molecular weight is 601 g/mol. The van der Waals surface area contributed by atoms with E-state index in [0.717, 1.165) is 67.1 Å². The first-order chi connectivity index (χ1) is 20.8. The van der Waals surface area contributed by atoms with Gasteiger partial charge in [-0.3, -0.25) is 9.67 Å². The van der Waals surface area contributed by atoms with Crippen LogP contribution in [0.1, 0.15) is 87.8 Å². The fraction of sp³-hybridized carbons (Fsp3) is 0.594. The molecule has 0 atom stereocenters. The largest absolute Gasteiger partial charge is 0.404 e. The number of unbranched alkanes of at least 4 members (excludes halogenated alkanes) is 1. The first kappa shape index (κ1) is 32.4. The Morgan fingerprint density at radius 3 is 2.51 bits per heavy atom. The molecule has 43 heavy (non-hydrogen) atoms. The summed E-state index contributed by atoms with van der Waals surface area (Å²) in [7, 11) is 5.37. The second-order valence-electron chi connectivity index (χ2n) is 11.6. The number of amides is 2. The van der Waals surface area contributed by atoms with Gasteiger partial charge in [0, 0.05) is 75.5 Å². The molecule has 4 heterocycles. The maximum absolute atomic E-state index is 14.4. The van der Waals surface area contributed by atoms with Crippen molar-refractivity contribution in [2.75, 3.05) is 52.2 Å². The van der Waals surface area contributed by atoms with Crippen LogP contribution in [0.4, 0.5) is 25.1 Å². The fourth-order valence-corrected chi connectivity index (χ4v) is 6.16. The molecular formula is C32H50F2N8O. The molecule has 2 aromatic rings. The number of likely N-dealkylation sites (tertiary alicyclic amines) is 1.